The number of carbonyl (C=O) groups excluding carboxylic acids is 1. The van der Waals surface area contributed by atoms with Crippen LogP contribution in [0.4, 0.5) is 13.2 Å². The molecule has 3 rings (SSSR count). The first-order chi connectivity index (χ1) is 11.9. The first-order valence-corrected chi connectivity index (χ1v) is 7.91. The standard InChI is InChI=1S/C17H16F3N3O2/c18-11-6-13(19)12(14(20)7-11)5-10(9-1-2-9)8-22-17(25)16-21-4-3-15(24)23-16/h3-4,6-7,9-10H,1-2,5,8H2,(H,22,25)(H,21,23,24). The number of amides is 1. The SMILES string of the molecule is O=C(NCC(Cc1c(F)cc(F)cc1F)C1CC1)c1nccc(=O)[nH]1. The van der Waals surface area contributed by atoms with Gasteiger partial charge in [0.25, 0.3) is 11.5 Å². The Labute approximate surface area is 141 Å². The second-order valence-corrected chi connectivity index (χ2v) is 6.14. The summed E-state index contributed by atoms with van der Waals surface area (Å²) in [7, 11) is 0. The van der Waals surface area contributed by atoms with Crippen LogP contribution in [-0.2, 0) is 6.42 Å². The maximum Gasteiger partial charge on any atom is 0.287 e. The van der Waals surface area contributed by atoms with Crippen molar-refractivity contribution < 1.29 is 18.0 Å². The van der Waals surface area contributed by atoms with Crippen LogP contribution in [0, 0.1) is 29.3 Å². The van der Waals surface area contributed by atoms with Gasteiger partial charge in [-0.15, -0.1) is 0 Å². The minimum atomic E-state index is -0.964. The molecule has 1 fully saturated rings. The number of nitrogens with one attached hydrogen (secondary N) is 2. The first kappa shape index (κ1) is 17.2. The third-order valence-corrected chi connectivity index (χ3v) is 4.27. The van der Waals surface area contributed by atoms with Gasteiger partial charge in [-0.25, -0.2) is 18.2 Å². The van der Waals surface area contributed by atoms with E-state index in [9.17, 15) is 22.8 Å². The summed E-state index contributed by atoms with van der Waals surface area (Å²) in [4.78, 5) is 29.3. The third kappa shape index (κ3) is 4.26. The minimum Gasteiger partial charge on any atom is -0.349 e. The first-order valence-electron chi connectivity index (χ1n) is 7.91. The highest BCUT2D eigenvalue weighted by Crippen LogP contribution is 2.38. The van der Waals surface area contributed by atoms with Gasteiger partial charge in [-0.1, -0.05) is 0 Å². The predicted octanol–water partition coefficient (Wildman–Crippen LogP) is 2.19. The van der Waals surface area contributed by atoms with Crippen molar-refractivity contribution in [1.29, 1.82) is 0 Å². The third-order valence-electron chi connectivity index (χ3n) is 4.27. The Balaban J connectivity index is 1.69. The van der Waals surface area contributed by atoms with E-state index in [2.05, 4.69) is 15.3 Å². The van der Waals surface area contributed by atoms with E-state index in [0.717, 1.165) is 12.8 Å². The number of aromatic nitrogens is 2. The zero-order valence-corrected chi connectivity index (χ0v) is 13.2. The smallest absolute Gasteiger partial charge is 0.287 e. The Kier molecular flexibility index (Phi) is 4.87. The molecule has 2 aromatic rings. The molecule has 1 aromatic heterocycles. The number of halogens is 3. The monoisotopic (exact) mass is 351 g/mol. The molecule has 8 heteroatoms. The minimum absolute atomic E-state index is 0.0572. The largest absolute Gasteiger partial charge is 0.349 e. The lowest BCUT2D eigenvalue weighted by Crippen LogP contribution is -2.33. The van der Waals surface area contributed by atoms with Crippen molar-refractivity contribution in [1.82, 2.24) is 15.3 Å². The molecule has 0 radical (unpaired) electrons. The highest BCUT2D eigenvalue weighted by molar-refractivity contribution is 5.90. The Bertz CT molecular complexity index is 826. The summed E-state index contributed by atoms with van der Waals surface area (Å²) in [5, 5.41) is 2.63. The van der Waals surface area contributed by atoms with Gasteiger partial charge in [0.1, 0.15) is 17.5 Å². The van der Waals surface area contributed by atoms with Gasteiger partial charge in [-0.05, 0) is 31.1 Å². The average Bonchev–Trinajstić information content (AvgIpc) is 3.38. The van der Waals surface area contributed by atoms with E-state index in [1.807, 2.05) is 0 Å². The van der Waals surface area contributed by atoms with Crippen LogP contribution in [-0.4, -0.2) is 22.4 Å². The van der Waals surface area contributed by atoms with Crippen LogP contribution in [0.15, 0.2) is 29.2 Å². The molecule has 1 heterocycles. The van der Waals surface area contributed by atoms with Crippen LogP contribution in [0.25, 0.3) is 0 Å². The number of nitrogens with zero attached hydrogens (tertiary/aromatic N) is 1. The molecule has 1 atom stereocenters. The van der Waals surface area contributed by atoms with E-state index in [4.69, 9.17) is 0 Å². The van der Waals surface area contributed by atoms with Crippen LogP contribution in [0.3, 0.4) is 0 Å². The topological polar surface area (TPSA) is 74.8 Å². The molecule has 1 aliphatic carbocycles. The Morgan fingerprint density at radius 1 is 1.28 bits per heavy atom. The van der Waals surface area contributed by atoms with E-state index in [-0.39, 0.29) is 36.2 Å². The molecule has 1 saturated carbocycles. The summed E-state index contributed by atoms with van der Waals surface area (Å²) in [5.74, 6) is -3.45. The molecule has 132 valence electrons. The van der Waals surface area contributed by atoms with Gasteiger partial charge in [-0.2, -0.15) is 0 Å². The number of hydrogen-bond donors (Lipinski definition) is 2. The lowest BCUT2D eigenvalue weighted by Gasteiger charge is -2.18. The van der Waals surface area contributed by atoms with E-state index in [1.54, 1.807) is 0 Å². The molecule has 0 saturated heterocycles. The average molecular weight is 351 g/mol. The second-order valence-electron chi connectivity index (χ2n) is 6.14. The van der Waals surface area contributed by atoms with Crippen molar-refractivity contribution in [3.63, 3.8) is 0 Å². The molecule has 5 nitrogen and oxygen atoms in total. The lowest BCUT2D eigenvalue weighted by atomic mass is 9.94. The molecule has 2 N–H and O–H groups in total. The van der Waals surface area contributed by atoms with Gasteiger partial charge >= 0.3 is 0 Å². The second kappa shape index (κ2) is 7.08. The van der Waals surface area contributed by atoms with Crippen molar-refractivity contribution in [2.24, 2.45) is 11.8 Å². The number of benzene rings is 1. The molecule has 1 aromatic carbocycles. The highest BCUT2D eigenvalue weighted by atomic mass is 19.1. The predicted molar refractivity (Wildman–Crippen MR) is 83.4 cm³/mol. The molecular weight excluding hydrogens is 335 g/mol. The molecule has 1 amide bonds. The fraction of sp³-hybridized carbons (Fsp3) is 0.353. The number of carbonyl (C=O) groups is 1. The highest BCUT2D eigenvalue weighted by Gasteiger charge is 2.33. The number of rotatable bonds is 6. The van der Waals surface area contributed by atoms with Gasteiger partial charge in [0.15, 0.2) is 5.82 Å². The van der Waals surface area contributed by atoms with Gasteiger partial charge in [-0.3, -0.25) is 9.59 Å². The number of H-pyrrole nitrogens is 1. The van der Waals surface area contributed by atoms with E-state index < -0.39 is 28.9 Å². The van der Waals surface area contributed by atoms with Gasteiger partial charge in [0, 0.05) is 36.5 Å². The van der Waals surface area contributed by atoms with Crippen LogP contribution in [0.2, 0.25) is 0 Å². The van der Waals surface area contributed by atoms with Gasteiger partial charge < -0.3 is 10.3 Å². The molecular formula is C17H16F3N3O2. The normalized spacial score (nSPS) is 15.0. The van der Waals surface area contributed by atoms with Crippen molar-refractivity contribution in [3.05, 3.63) is 63.6 Å². The molecule has 0 aliphatic heterocycles. The van der Waals surface area contributed by atoms with Crippen LogP contribution in [0.5, 0.6) is 0 Å². The summed E-state index contributed by atoms with van der Waals surface area (Å²) in [6.45, 7) is 0.179. The lowest BCUT2D eigenvalue weighted by molar-refractivity contribution is 0.0934. The maximum absolute atomic E-state index is 13.8. The van der Waals surface area contributed by atoms with Crippen molar-refractivity contribution in [2.75, 3.05) is 6.54 Å². The maximum atomic E-state index is 13.8. The van der Waals surface area contributed by atoms with E-state index >= 15 is 0 Å². The van der Waals surface area contributed by atoms with Crippen molar-refractivity contribution >= 4 is 5.91 Å². The molecule has 0 bridgehead atoms. The molecule has 1 unspecified atom stereocenters. The summed E-state index contributed by atoms with van der Waals surface area (Å²) < 4.78 is 40.7. The van der Waals surface area contributed by atoms with Gasteiger partial charge in [0.05, 0.1) is 0 Å². The molecule has 0 spiro atoms. The fourth-order valence-corrected chi connectivity index (χ4v) is 2.80. The molecule has 1 aliphatic rings. The van der Waals surface area contributed by atoms with Crippen molar-refractivity contribution in [3.8, 4) is 0 Å². The zero-order valence-electron chi connectivity index (χ0n) is 13.2. The number of hydrogen-bond acceptors (Lipinski definition) is 3. The quantitative estimate of drug-likeness (QED) is 0.838. The van der Waals surface area contributed by atoms with E-state index in [0.29, 0.717) is 12.1 Å². The summed E-state index contributed by atoms with van der Waals surface area (Å²) in [6, 6.07) is 2.49. The van der Waals surface area contributed by atoms with Crippen LogP contribution in [0.1, 0.15) is 29.0 Å². The zero-order chi connectivity index (χ0) is 18.0. The molecule has 25 heavy (non-hydrogen) atoms. The fourth-order valence-electron chi connectivity index (χ4n) is 2.80. The van der Waals surface area contributed by atoms with Crippen LogP contribution < -0.4 is 10.9 Å². The Morgan fingerprint density at radius 3 is 2.56 bits per heavy atom. The summed E-state index contributed by atoms with van der Waals surface area (Å²) in [5.41, 5.74) is -0.631. The Hall–Kier alpha value is -2.64. The van der Waals surface area contributed by atoms with E-state index in [1.165, 1.54) is 12.3 Å². The Morgan fingerprint density at radius 2 is 1.96 bits per heavy atom. The van der Waals surface area contributed by atoms with Crippen molar-refractivity contribution in [2.45, 2.75) is 19.3 Å². The summed E-state index contributed by atoms with van der Waals surface area (Å²) >= 11 is 0. The number of aromatic amines is 1. The summed E-state index contributed by atoms with van der Waals surface area (Å²) in [6.07, 6.45) is 3.09. The van der Waals surface area contributed by atoms with Gasteiger partial charge in [0.2, 0.25) is 0 Å². The van der Waals surface area contributed by atoms with Crippen LogP contribution >= 0.6 is 0 Å².